The van der Waals surface area contributed by atoms with E-state index >= 15 is 0 Å². The molecule has 6 heteroatoms. The number of carbonyl (C=O) groups excluding carboxylic acids is 3. The highest BCUT2D eigenvalue weighted by molar-refractivity contribution is 5.92. The van der Waals surface area contributed by atoms with Gasteiger partial charge < -0.3 is 14.2 Å². The number of hydrogen-bond donors (Lipinski definition) is 0. The minimum absolute atomic E-state index is 0.0318. The van der Waals surface area contributed by atoms with Crippen LogP contribution in [0.2, 0.25) is 0 Å². The van der Waals surface area contributed by atoms with Gasteiger partial charge in [0.05, 0.1) is 18.6 Å². The van der Waals surface area contributed by atoms with E-state index in [0.29, 0.717) is 25.9 Å². The van der Waals surface area contributed by atoms with Gasteiger partial charge in [-0.15, -0.1) is 0 Å². The first-order valence-electron chi connectivity index (χ1n) is 12.0. The summed E-state index contributed by atoms with van der Waals surface area (Å²) in [4.78, 5) is 37.7. The van der Waals surface area contributed by atoms with Crippen LogP contribution in [-0.2, 0) is 28.6 Å². The summed E-state index contributed by atoms with van der Waals surface area (Å²) >= 11 is 0. The molecule has 2 aliphatic heterocycles. The molecule has 0 aromatic heterocycles. The van der Waals surface area contributed by atoms with Gasteiger partial charge in [0, 0.05) is 29.6 Å². The van der Waals surface area contributed by atoms with Gasteiger partial charge >= 0.3 is 11.9 Å². The van der Waals surface area contributed by atoms with E-state index < -0.39 is 11.2 Å². The summed E-state index contributed by atoms with van der Waals surface area (Å²) < 4.78 is 18.3. The zero-order valence-corrected chi connectivity index (χ0v) is 18.7. The number of ketones is 1. The first kappa shape index (κ1) is 20.0. The summed E-state index contributed by atoms with van der Waals surface area (Å²) in [5, 5.41) is 0. The minimum Gasteiger partial charge on any atom is -0.466 e. The van der Waals surface area contributed by atoms with Crippen molar-refractivity contribution in [2.24, 2.45) is 28.6 Å². The molecule has 2 spiro atoms. The third-order valence-corrected chi connectivity index (χ3v) is 10.3. The number of hydrogen-bond acceptors (Lipinski definition) is 6. The van der Waals surface area contributed by atoms with Crippen molar-refractivity contribution >= 4 is 17.7 Å². The molecule has 0 amide bonds. The zero-order chi connectivity index (χ0) is 21.8. The lowest BCUT2D eigenvalue weighted by Gasteiger charge is -2.58. The molecule has 5 fully saturated rings. The molecule has 0 radical (unpaired) electrons. The van der Waals surface area contributed by atoms with Crippen LogP contribution in [0, 0.1) is 28.6 Å². The van der Waals surface area contributed by atoms with E-state index in [4.69, 9.17) is 14.2 Å². The van der Waals surface area contributed by atoms with Crippen molar-refractivity contribution in [2.45, 2.75) is 89.4 Å². The first-order valence-corrected chi connectivity index (χ1v) is 12.0. The van der Waals surface area contributed by atoms with Crippen LogP contribution in [0.5, 0.6) is 0 Å². The van der Waals surface area contributed by atoms with Crippen LogP contribution >= 0.6 is 0 Å². The quantitative estimate of drug-likeness (QED) is 0.494. The summed E-state index contributed by atoms with van der Waals surface area (Å²) in [6.07, 6.45) is 7.64. The van der Waals surface area contributed by atoms with E-state index in [-0.39, 0.29) is 52.4 Å². The van der Waals surface area contributed by atoms with Crippen molar-refractivity contribution in [2.75, 3.05) is 6.61 Å². The molecule has 3 saturated carbocycles. The molecule has 0 bridgehead atoms. The number of ether oxygens (including phenoxy) is 3. The van der Waals surface area contributed by atoms with E-state index in [1.54, 1.807) is 6.08 Å². The number of fused-ring (bicyclic) bond motifs is 4. The Hall–Kier alpha value is -1.69. The SMILES string of the molecule is CCOC(=O)[C@@H]1CC2=CC(=O)CC[C@]2(C)C23OC2C[C@@]2(C)[C@@H](CC[C@@]24CCC(=O)O4)[C@H]13. The molecule has 6 rings (SSSR count). The second-order valence-corrected chi connectivity index (χ2v) is 11.2. The largest absolute Gasteiger partial charge is 0.466 e. The van der Waals surface area contributed by atoms with Crippen LogP contribution in [-0.4, -0.2) is 41.6 Å². The molecule has 6 nitrogen and oxygen atoms in total. The highest BCUT2D eigenvalue weighted by atomic mass is 16.6. The second kappa shape index (κ2) is 6.00. The third-order valence-electron chi connectivity index (χ3n) is 10.3. The lowest BCUT2D eigenvalue weighted by molar-refractivity contribution is -0.173. The Morgan fingerprint density at radius 1 is 1.19 bits per heavy atom. The van der Waals surface area contributed by atoms with Gasteiger partial charge in [0.25, 0.3) is 0 Å². The van der Waals surface area contributed by atoms with Crippen molar-refractivity contribution in [1.82, 2.24) is 0 Å². The maximum absolute atomic E-state index is 13.3. The van der Waals surface area contributed by atoms with Crippen LogP contribution in [0.15, 0.2) is 11.6 Å². The molecule has 2 heterocycles. The van der Waals surface area contributed by atoms with Gasteiger partial charge in [-0.25, -0.2) is 0 Å². The Bertz CT molecular complexity index is 923. The zero-order valence-electron chi connectivity index (χ0n) is 18.7. The standard InChI is InChI=1S/C25H32O6/c1-4-29-21(28)16-12-14-11-15(26)5-8-22(14,2)25-18(30-25)13-23(3)17(20(16)25)6-9-24(23)10-7-19(27)31-24/h11,16-18,20H,4-10,12-13H2,1-3H3/t16-,17+,18?,20+,22+,23+,24-,25?/m1/s1. The molecule has 168 valence electrons. The maximum Gasteiger partial charge on any atom is 0.309 e. The van der Waals surface area contributed by atoms with Crippen molar-refractivity contribution in [3.63, 3.8) is 0 Å². The maximum atomic E-state index is 13.3. The van der Waals surface area contributed by atoms with E-state index in [2.05, 4.69) is 13.8 Å². The van der Waals surface area contributed by atoms with Crippen LogP contribution < -0.4 is 0 Å². The van der Waals surface area contributed by atoms with Crippen molar-refractivity contribution in [3.05, 3.63) is 11.6 Å². The van der Waals surface area contributed by atoms with E-state index in [0.717, 1.165) is 37.7 Å². The third kappa shape index (κ3) is 2.20. The van der Waals surface area contributed by atoms with E-state index in [1.165, 1.54) is 0 Å². The average molecular weight is 429 g/mol. The molecule has 2 saturated heterocycles. The van der Waals surface area contributed by atoms with E-state index in [9.17, 15) is 14.4 Å². The first-order chi connectivity index (χ1) is 14.7. The lowest BCUT2D eigenvalue weighted by Crippen LogP contribution is -2.63. The smallest absolute Gasteiger partial charge is 0.309 e. The van der Waals surface area contributed by atoms with Crippen LogP contribution in [0.4, 0.5) is 0 Å². The number of esters is 2. The number of carbonyl (C=O) groups is 3. The normalized spacial score (nSPS) is 51.9. The monoisotopic (exact) mass is 428 g/mol. The van der Waals surface area contributed by atoms with Crippen LogP contribution in [0.25, 0.3) is 0 Å². The Kier molecular flexibility index (Phi) is 3.86. The predicted molar refractivity (Wildman–Crippen MR) is 110 cm³/mol. The van der Waals surface area contributed by atoms with E-state index in [1.807, 2.05) is 6.92 Å². The molecule has 0 aromatic carbocycles. The van der Waals surface area contributed by atoms with Crippen LogP contribution in [0.3, 0.4) is 0 Å². The Morgan fingerprint density at radius 3 is 2.71 bits per heavy atom. The fourth-order valence-corrected chi connectivity index (χ4v) is 8.78. The summed E-state index contributed by atoms with van der Waals surface area (Å²) in [5.41, 5.74) is -0.174. The van der Waals surface area contributed by atoms with Gasteiger partial charge in [-0.05, 0) is 57.4 Å². The van der Waals surface area contributed by atoms with Gasteiger partial charge in [0.2, 0.25) is 0 Å². The van der Waals surface area contributed by atoms with Gasteiger partial charge in [0.15, 0.2) is 5.78 Å². The molecule has 0 aromatic rings. The molecule has 2 unspecified atom stereocenters. The summed E-state index contributed by atoms with van der Waals surface area (Å²) in [7, 11) is 0. The second-order valence-electron chi connectivity index (χ2n) is 11.2. The van der Waals surface area contributed by atoms with Gasteiger partial charge in [-0.3, -0.25) is 14.4 Å². The Balaban J connectivity index is 1.48. The Morgan fingerprint density at radius 2 is 2.00 bits per heavy atom. The Labute approximate surface area is 183 Å². The lowest BCUT2D eigenvalue weighted by atomic mass is 9.43. The number of rotatable bonds is 2. The van der Waals surface area contributed by atoms with Crippen molar-refractivity contribution in [3.8, 4) is 0 Å². The van der Waals surface area contributed by atoms with Crippen LogP contribution in [0.1, 0.15) is 72.1 Å². The topological polar surface area (TPSA) is 82.2 Å². The highest BCUT2D eigenvalue weighted by Gasteiger charge is 2.83. The molecular weight excluding hydrogens is 396 g/mol. The predicted octanol–water partition coefficient (Wildman–Crippen LogP) is 3.51. The summed E-state index contributed by atoms with van der Waals surface area (Å²) in [5.74, 6) is -0.154. The minimum atomic E-state index is -0.425. The van der Waals surface area contributed by atoms with Gasteiger partial charge in [-0.1, -0.05) is 19.4 Å². The van der Waals surface area contributed by atoms with Gasteiger partial charge in [-0.2, -0.15) is 0 Å². The average Bonchev–Trinajstić information content (AvgIpc) is 3.20. The molecule has 31 heavy (non-hydrogen) atoms. The van der Waals surface area contributed by atoms with Crippen molar-refractivity contribution < 1.29 is 28.6 Å². The highest BCUT2D eigenvalue weighted by Crippen LogP contribution is 2.78. The fraction of sp³-hybridized carbons (Fsp3) is 0.800. The fourth-order valence-electron chi connectivity index (χ4n) is 8.78. The van der Waals surface area contributed by atoms with Gasteiger partial charge in [0.1, 0.15) is 11.2 Å². The molecule has 8 atom stereocenters. The molecule has 0 N–H and O–H groups in total. The molecular formula is C25H32O6. The van der Waals surface area contributed by atoms with Crippen molar-refractivity contribution in [1.29, 1.82) is 0 Å². The number of epoxide rings is 1. The summed E-state index contributed by atoms with van der Waals surface area (Å²) in [6.45, 7) is 6.71. The molecule has 4 aliphatic carbocycles. The molecule has 6 aliphatic rings. The summed E-state index contributed by atoms with van der Waals surface area (Å²) in [6, 6.07) is 0.